The van der Waals surface area contributed by atoms with Crippen molar-refractivity contribution in [2.45, 2.75) is 12.3 Å². The zero-order valence-corrected chi connectivity index (χ0v) is 4.48. The molecule has 54 valence electrons. The van der Waals surface area contributed by atoms with Gasteiger partial charge in [0.05, 0.1) is 0 Å². The highest BCUT2D eigenvalue weighted by atomic mass is 19.2. The lowest BCUT2D eigenvalue weighted by atomic mass is 10.2. The number of primary amides is 1. The number of hydrogen-bond donors (Lipinski definition) is 1. The summed E-state index contributed by atoms with van der Waals surface area (Å²) in [5.74, 6) is -1.47. The van der Waals surface area contributed by atoms with Crippen LogP contribution in [0.2, 0.25) is 0 Å². The molecule has 0 spiro atoms. The van der Waals surface area contributed by atoms with Crippen molar-refractivity contribution in [1.82, 2.24) is 0 Å². The van der Waals surface area contributed by atoms with Crippen molar-refractivity contribution < 1.29 is 18.0 Å². The average molecular weight is 141 g/mol. The average Bonchev–Trinajstić information content (AvgIpc) is 1.84. The Morgan fingerprint density at radius 2 is 2.00 bits per heavy atom. The Balaban J connectivity index is 3.72. The second-order valence-corrected chi connectivity index (χ2v) is 1.47. The molecule has 5 heteroatoms. The van der Waals surface area contributed by atoms with Gasteiger partial charge in [-0.1, -0.05) is 0 Å². The highest BCUT2D eigenvalue weighted by Gasteiger charge is 2.25. The van der Waals surface area contributed by atoms with Crippen molar-refractivity contribution in [3.63, 3.8) is 0 Å². The van der Waals surface area contributed by atoms with Crippen LogP contribution in [-0.4, -0.2) is 24.9 Å². The van der Waals surface area contributed by atoms with E-state index in [4.69, 9.17) is 0 Å². The van der Waals surface area contributed by atoms with Crippen molar-refractivity contribution in [3.05, 3.63) is 0 Å². The van der Waals surface area contributed by atoms with E-state index < -0.39 is 24.9 Å². The Labute approximate surface area is 49.8 Å². The fourth-order valence-corrected chi connectivity index (χ4v) is 0.256. The SMILES string of the molecule is NC(=O)C(F)C(F)CF. The topological polar surface area (TPSA) is 43.1 Å². The highest BCUT2D eigenvalue weighted by Crippen LogP contribution is 2.02. The number of carbonyl (C=O) groups excluding carboxylic acids is 1. The fraction of sp³-hybridized carbons (Fsp3) is 0.750. The third-order valence-electron chi connectivity index (χ3n) is 0.737. The molecule has 0 radical (unpaired) electrons. The molecule has 0 saturated carbocycles. The summed E-state index contributed by atoms with van der Waals surface area (Å²) in [6.45, 7) is -1.52. The third kappa shape index (κ3) is 2.34. The molecule has 9 heavy (non-hydrogen) atoms. The molecule has 0 saturated heterocycles. The van der Waals surface area contributed by atoms with Gasteiger partial charge in [-0.2, -0.15) is 0 Å². The third-order valence-corrected chi connectivity index (χ3v) is 0.737. The van der Waals surface area contributed by atoms with Crippen LogP contribution in [0.5, 0.6) is 0 Å². The molecule has 2 N–H and O–H groups in total. The number of halogens is 3. The Kier molecular flexibility index (Phi) is 3.05. The second kappa shape index (κ2) is 3.32. The van der Waals surface area contributed by atoms with Gasteiger partial charge in [-0.25, -0.2) is 13.2 Å². The molecule has 0 aromatic rings. The predicted octanol–water partition coefficient (Wildman–Crippen LogP) is 0.117. The van der Waals surface area contributed by atoms with Crippen molar-refractivity contribution in [2.24, 2.45) is 5.73 Å². The smallest absolute Gasteiger partial charge is 0.255 e. The van der Waals surface area contributed by atoms with Gasteiger partial charge >= 0.3 is 0 Å². The van der Waals surface area contributed by atoms with Gasteiger partial charge in [0.25, 0.3) is 5.91 Å². The van der Waals surface area contributed by atoms with E-state index >= 15 is 0 Å². The Hall–Kier alpha value is -0.740. The van der Waals surface area contributed by atoms with E-state index in [9.17, 15) is 18.0 Å². The molecule has 0 bridgehead atoms. The summed E-state index contributed by atoms with van der Waals surface area (Å²) in [6.07, 6.45) is -4.93. The number of carbonyl (C=O) groups is 1. The van der Waals surface area contributed by atoms with Crippen molar-refractivity contribution in [3.8, 4) is 0 Å². The summed E-state index contributed by atoms with van der Waals surface area (Å²) in [5, 5.41) is 0. The molecule has 2 atom stereocenters. The monoisotopic (exact) mass is 141 g/mol. The lowest BCUT2D eigenvalue weighted by Gasteiger charge is -2.03. The Morgan fingerprint density at radius 1 is 1.56 bits per heavy atom. The van der Waals surface area contributed by atoms with E-state index in [1.165, 1.54) is 0 Å². The van der Waals surface area contributed by atoms with Gasteiger partial charge in [-0.05, 0) is 0 Å². The van der Waals surface area contributed by atoms with E-state index in [-0.39, 0.29) is 0 Å². The molecule has 0 rings (SSSR count). The zero-order chi connectivity index (χ0) is 7.44. The molecular weight excluding hydrogens is 135 g/mol. The van der Waals surface area contributed by atoms with Crippen LogP contribution in [0.25, 0.3) is 0 Å². The minimum Gasteiger partial charge on any atom is -0.367 e. The summed E-state index contributed by atoms with van der Waals surface area (Å²) in [4.78, 5) is 9.74. The maximum atomic E-state index is 11.8. The van der Waals surface area contributed by atoms with Crippen molar-refractivity contribution in [1.29, 1.82) is 0 Å². The number of hydrogen-bond acceptors (Lipinski definition) is 1. The number of amides is 1. The highest BCUT2D eigenvalue weighted by molar-refractivity contribution is 5.79. The second-order valence-electron chi connectivity index (χ2n) is 1.47. The number of alkyl halides is 3. The first-order chi connectivity index (χ1) is 4.09. The minimum absolute atomic E-state index is 1.47. The van der Waals surface area contributed by atoms with Crippen LogP contribution in [0.4, 0.5) is 13.2 Å². The van der Waals surface area contributed by atoms with Crippen LogP contribution >= 0.6 is 0 Å². The molecule has 0 heterocycles. The summed E-state index contributed by atoms with van der Waals surface area (Å²) in [5.41, 5.74) is 4.29. The Bertz CT molecular complexity index is 108. The maximum Gasteiger partial charge on any atom is 0.255 e. The lowest BCUT2D eigenvalue weighted by Crippen LogP contribution is -2.33. The molecule has 0 aliphatic rings. The molecule has 1 amide bonds. The minimum atomic E-state index is -2.52. The summed E-state index contributed by atoms with van der Waals surface area (Å²) in [6, 6.07) is 0. The Morgan fingerprint density at radius 3 is 2.11 bits per heavy atom. The van der Waals surface area contributed by atoms with Crippen molar-refractivity contribution >= 4 is 5.91 Å². The van der Waals surface area contributed by atoms with Crippen LogP contribution < -0.4 is 5.73 Å². The molecule has 0 aliphatic heterocycles. The van der Waals surface area contributed by atoms with Gasteiger partial charge in [0.1, 0.15) is 6.67 Å². The molecule has 0 fully saturated rings. The van der Waals surface area contributed by atoms with Gasteiger partial charge in [0.15, 0.2) is 6.17 Å². The summed E-state index contributed by atoms with van der Waals surface area (Å²) >= 11 is 0. The van der Waals surface area contributed by atoms with Gasteiger partial charge in [-0.3, -0.25) is 4.79 Å². The van der Waals surface area contributed by atoms with Gasteiger partial charge in [0.2, 0.25) is 6.17 Å². The largest absolute Gasteiger partial charge is 0.367 e. The normalized spacial score (nSPS) is 16.8. The standard InChI is InChI=1S/C4H6F3NO/c5-1-2(6)3(7)4(8)9/h2-3H,1H2,(H2,8,9). The molecule has 0 aromatic heterocycles. The van der Waals surface area contributed by atoms with E-state index in [1.54, 1.807) is 0 Å². The molecule has 0 aromatic carbocycles. The predicted molar refractivity (Wildman–Crippen MR) is 25.0 cm³/mol. The van der Waals surface area contributed by atoms with E-state index in [2.05, 4.69) is 5.73 Å². The van der Waals surface area contributed by atoms with Crippen LogP contribution in [0.3, 0.4) is 0 Å². The summed E-state index contributed by atoms with van der Waals surface area (Å²) in [7, 11) is 0. The molecule has 2 nitrogen and oxygen atoms in total. The van der Waals surface area contributed by atoms with Crippen LogP contribution in [0.1, 0.15) is 0 Å². The van der Waals surface area contributed by atoms with Gasteiger partial charge in [-0.15, -0.1) is 0 Å². The molecular formula is C4H6F3NO. The van der Waals surface area contributed by atoms with Gasteiger partial charge < -0.3 is 5.73 Å². The zero-order valence-electron chi connectivity index (χ0n) is 4.48. The lowest BCUT2D eigenvalue weighted by molar-refractivity contribution is -0.125. The molecule has 0 aliphatic carbocycles. The van der Waals surface area contributed by atoms with Crippen LogP contribution in [0.15, 0.2) is 0 Å². The van der Waals surface area contributed by atoms with E-state index in [0.717, 1.165) is 0 Å². The van der Waals surface area contributed by atoms with E-state index in [0.29, 0.717) is 0 Å². The number of rotatable bonds is 3. The first kappa shape index (κ1) is 8.26. The van der Waals surface area contributed by atoms with E-state index in [1.807, 2.05) is 0 Å². The summed E-state index contributed by atoms with van der Waals surface area (Å²) < 4.78 is 34.7. The van der Waals surface area contributed by atoms with Crippen LogP contribution in [-0.2, 0) is 4.79 Å². The molecule has 2 unspecified atom stereocenters. The van der Waals surface area contributed by atoms with Crippen molar-refractivity contribution in [2.75, 3.05) is 6.67 Å². The number of nitrogens with two attached hydrogens (primary N) is 1. The quantitative estimate of drug-likeness (QED) is 0.595. The first-order valence-electron chi connectivity index (χ1n) is 2.23. The fourth-order valence-electron chi connectivity index (χ4n) is 0.256. The first-order valence-corrected chi connectivity index (χ1v) is 2.23. The van der Waals surface area contributed by atoms with Crippen LogP contribution in [0, 0.1) is 0 Å². The van der Waals surface area contributed by atoms with Gasteiger partial charge in [0, 0.05) is 0 Å². The maximum absolute atomic E-state index is 11.8.